The van der Waals surface area contributed by atoms with Crippen LogP contribution in [0.3, 0.4) is 0 Å². The smallest absolute Gasteiger partial charge is 0.228 e. The van der Waals surface area contributed by atoms with Gasteiger partial charge < -0.3 is 14.7 Å². The molecule has 0 unspecified atom stereocenters. The van der Waals surface area contributed by atoms with Crippen LogP contribution in [-0.4, -0.2) is 49.4 Å². The number of rotatable bonds is 3. The molecule has 2 aliphatic heterocycles. The van der Waals surface area contributed by atoms with E-state index in [1.165, 1.54) is 12.1 Å². The average Bonchev–Trinajstić information content (AvgIpc) is 3.10. The third-order valence-electron chi connectivity index (χ3n) is 5.60. The van der Waals surface area contributed by atoms with E-state index in [1.54, 1.807) is 17.0 Å². The number of hydrogen-bond acceptors (Lipinski definition) is 3. The molecular weight excluding hydrogens is 357 g/mol. The summed E-state index contributed by atoms with van der Waals surface area (Å²) in [7, 11) is 0. The van der Waals surface area contributed by atoms with Gasteiger partial charge in [-0.25, -0.2) is 4.39 Å². The van der Waals surface area contributed by atoms with E-state index in [4.69, 9.17) is 0 Å². The molecule has 28 heavy (non-hydrogen) atoms. The van der Waals surface area contributed by atoms with Crippen LogP contribution in [0.2, 0.25) is 0 Å². The number of amides is 2. The summed E-state index contributed by atoms with van der Waals surface area (Å²) in [6, 6.07) is 14.3. The fraction of sp³-hybridized carbons (Fsp3) is 0.364. The summed E-state index contributed by atoms with van der Waals surface area (Å²) in [5.74, 6) is -0.471. The lowest BCUT2D eigenvalue weighted by Crippen LogP contribution is -2.50. The van der Waals surface area contributed by atoms with E-state index in [0.717, 1.165) is 16.9 Å². The van der Waals surface area contributed by atoms with Crippen molar-refractivity contribution in [2.75, 3.05) is 42.5 Å². The van der Waals surface area contributed by atoms with E-state index >= 15 is 0 Å². The van der Waals surface area contributed by atoms with Crippen LogP contribution in [0.4, 0.5) is 15.8 Å². The average molecular weight is 381 g/mol. The number of halogens is 1. The highest BCUT2D eigenvalue weighted by molar-refractivity contribution is 6.00. The number of piperazine rings is 1. The molecule has 0 aromatic heterocycles. The zero-order valence-corrected chi connectivity index (χ0v) is 16.0. The Morgan fingerprint density at radius 2 is 1.54 bits per heavy atom. The molecule has 2 aromatic carbocycles. The topological polar surface area (TPSA) is 43.9 Å². The first-order valence-corrected chi connectivity index (χ1v) is 9.67. The molecule has 0 saturated carbocycles. The SMILES string of the molecule is Cc1ccc(N2C[C@H](C(=O)N3CCN(c4ccc(F)cc4)CC3)CC2=O)cc1. The minimum atomic E-state index is -0.286. The maximum atomic E-state index is 13.1. The van der Waals surface area contributed by atoms with Gasteiger partial charge in [0.15, 0.2) is 0 Å². The quantitative estimate of drug-likeness (QED) is 0.821. The third kappa shape index (κ3) is 3.72. The summed E-state index contributed by atoms with van der Waals surface area (Å²) in [5, 5.41) is 0. The van der Waals surface area contributed by atoms with Gasteiger partial charge in [0.05, 0.1) is 5.92 Å². The molecule has 1 atom stereocenters. The predicted octanol–water partition coefficient (Wildman–Crippen LogP) is 2.84. The van der Waals surface area contributed by atoms with Gasteiger partial charge in [-0.2, -0.15) is 0 Å². The van der Waals surface area contributed by atoms with Gasteiger partial charge in [0.2, 0.25) is 11.8 Å². The van der Waals surface area contributed by atoms with Crippen LogP contribution < -0.4 is 9.80 Å². The van der Waals surface area contributed by atoms with Gasteiger partial charge in [0.1, 0.15) is 5.82 Å². The Kier molecular flexibility index (Phi) is 5.03. The van der Waals surface area contributed by atoms with Crippen molar-refractivity contribution in [1.82, 2.24) is 4.90 Å². The summed E-state index contributed by atoms with van der Waals surface area (Å²) >= 11 is 0. The Bertz CT molecular complexity index is 858. The highest BCUT2D eigenvalue weighted by atomic mass is 19.1. The monoisotopic (exact) mass is 381 g/mol. The predicted molar refractivity (Wildman–Crippen MR) is 107 cm³/mol. The lowest BCUT2D eigenvalue weighted by Gasteiger charge is -2.37. The maximum absolute atomic E-state index is 13.1. The van der Waals surface area contributed by atoms with Crippen molar-refractivity contribution in [2.45, 2.75) is 13.3 Å². The lowest BCUT2D eigenvalue weighted by atomic mass is 10.1. The maximum Gasteiger partial charge on any atom is 0.228 e. The molecule has 2 fully saturated rings. The van der Waals surface area contributed by atoms with Crippen LogP contribution in [0.1, 0.15) is 12.0 Å². The molecule has 5 nitrogen and oxygen atoms in total. The molecule has 2 amide bonds. The number of benzene rings is 2. The molecule has 0 spiro atoms. The van der Waals surface area contributed by atoms with Crippen molar-refractivity contribution >= 4 is 23.2 Å². The van der Waals surface area contributed by atoms with Crippen LogP contribution in [-0.2, 0) is 9.59 Å². The van der Waals surface area contributed by atoms with Gasteiger partial charge in [0, 0.05) is 50.5 Å². The van der Waals surface area contributed by atoms with E-state index in [0.29, 0.717) is 32.7 Å². The molecule has 0 radical (unpaired) electrons. The second-order valence-corrected chi connectivity index (χ2v) is 7.53. The molecule has 6 heteroatoms. The normalized spacial score (nSPS) is 20.0. The number of nitrogens with zero attached hydrogens (tertiary/aromatic N) is 3. The Labute approximate surface area is 164 Å². The van der Waals surface area contributed by atoms with Crippen LogP contribution >= 0.6 is 0 Å². The zero-order chi connectivity index (χ0) is 19.7. The van der Waals surface area contributed by atoms with E-state index < -0.39 is 0 Å². The van der Waals surface area contributed by atoms with Crippen molar-refractivity contribution < 1.29 is 14.0 Å². The molecule has 2 aromatic rings. The van der Waals surface area contributed by atoms with Crippen molar-refractivity contribution in [3.05, 3.63) is 59.9 Å². The standard InChI is InChI=1S/C22H24FN3O2/c1-16-2-6-20(7-3-16)26-15-17(14-21(26)27)22(28)25-12-10-24(11-13-25)19-8-4-18(23)5-9-19/h2-9,17H,10-15H2,1H3/t17-/m1/s1. The number of hydrogen-bond donors (Lipinski definition) is 0. The number of carbonyl (C=O) groups is 2. The Morgan fingerprint density at radius 1 is 0.929 bits per heavy atom. The van der Waals surface area contributed by atoms with E-state index in [2.05, 4.69) is 4.90 Å². The Hall–Kier alpha value is -2.89. The van der Waals surface area contributed by atoms with Crippen molar-refractivity contribution in [3.63, 3.8) is 0 Å². The van der Waals surface area contributed by atoms with Crippen molar-refractivity contribution in [3.8, 4) is 0 Å². The molecule has 0 bridgehead atoms. The van der Waals surface area contributed by atoms with Gasteiger partial charge in [0.25, 0.3) is 0 Å². The molecule has 0 aliphatic carbocycles. The summed E-state index contributed by atoms with van der Waals surface area (Å²) in [6.45, 7) is 5.10. The fourth-order valence-corrected chi connectivity index (χ4v) is 3.94. The van der Waals surface area contributed by atoms with E-state index in [9.17, 15) is 14.0 Å². The number of aryl methyl sites for hydroxylation is 1. The summed E-state index contributed by atoms with van der Waals surface area (Å²) in [6.07, 6.45) is 0.269. The summed E-state index contributed by atoms with van der Waals surface area (Å²) in [4.78, 5) is 31.1. The summed E-state index contributed by atoms with van der Waals surface area (Å²) < 4.78 is 13.1. The molecule has 4 rings (SSSR count). The Balaban J connectivity index is 1.36. The number of carbonyl (C=O) groups excluding carboxylic acids is 2. The summed E-state index contributed by atoms with van der Waals surface area (Å²) in [5.41, 5.74) is 2.96. The number of anilines is 2. The lowest BCUT2D eigenvalue weighted by molar-refractivity contribution is -0.136. The zero-order valence-electron chi connectivity index (χ0n) is 16.0. The van der Waals surface area contributed by atoms with Crippen LogP contribution in [0, 0.1) is 18.7 Å². The second-order valence-electron chi connectivity index (χ2n) is 7.53. The van der Waals surface area contributed by atoms with Gasteiger partial charge in [-0.05, 0) is 43.3 Å². The molecule has 146 valence electrons. The van der Waals surface area contributed by atoms with Gasteiger partial charge in [-0.3, -0.25) is 9.59 Å². The molecule has 2 saturated heterocycles. The van der Waals surface area contributed by atoms with Crippen molar-refractivity contribution in [1.29, 1.82) is 0 Å². The highest BCUT2D eigenvalue weighted by Crippen LogP contribution is 2.27. The van der Waals surface area contributed by atoms with Crippen LogP contribution in [0.25, 0.3) is 0 Å². The first-order chi connectivity index (χ1) is 13.5. The van der Waals surface area contributed by atoms with Gasteiger partial charge in [-0.15, -0.1) is 0 Å². The van der Waals surface area contributed by atoms with Gasteiger partial charge in [-0.1, -0.05) is 17.7 Å². The first-order valence-electron chi connectivity index (χ1n) is 9.67. The Morgan fingerprint density at radius 3 is 2.18 bits per heavy atom. The first kappa shape index (κ1) is 18.5. The molecule has 2 aliphatic rings. The largest absolute Gasteiger partial charge is 0.368 e. The second kappa shape index (κ2) is 7.62. The molecule has 2 heterocycles. The molecular formula is C22H24FN3O2. The highest BCUT2D eigenvalue weighted by Gasteiger charge is 2.37. The van der Waals surface area contributed by atoms with Crippen LogP contribution in [0.5, 0.6) is 0 Å². The fourth-order valence-electron chi connectivity index (χ4n) is 3.94. The third-order valence-corrected chi connectivity index (χ3v) is 5.60. The molecule has 0 N–H and O–H groups in total. The minimum absolute atomic E-state index is 0.00662. The van der Waals surface area contributed by atoms with Crippen molar-refractivity contribution in [2.24, 2.45) is 5.92 Å². The van der Waals surface area contributed by atoms with E-state index in [-0.39, 0.29) is 30.0 Å². The van der Waals surface area contributed by atoms with E-state index in [1.807, 2.05) is 36.1 Å². The van der Waals surface area contributed by atoms with Gasteiger partial charge >= 0.3 is 0 Å². The minimum Gasteiger partial charge on any atom is -0.368 e. The van der Waals surface area contributed by atoms with Crippen LogP contribution in [0.15, 0.2) is 48.5 Å².